The van der Waals surface area contributed by atoms with E-state index in [0.29, 0.717) is 11.3 Å². The first-order valence-corrected chi connectivity index (χ1v) is 10.1. The maximum Gasteiger partial charge on any atom is 0.153 e. The second kappa shape index (κ2) is 13.3. The molecule has 0 bridgehead atoms. The molecule has 1 rings (SSSR count). The molecule has 0 N–H and O–H groups in total. The van der Waals surface area contributed by atoms with Crippen molar-refractivity contribution < 1.29 is 14.3 Å². The lowest BCUT2D eigenvalue weighted by Gasteiger charge is -2.12. The summed E-state index contributed by atoms with van der Waals surface area (Å²) in [5, 5.41) is 1.13. The van der Waals surface area contributed by atoms with Gasteiger partial charge in [0.2, 0.25) is 0 Å². The van der Waals surface area contributed by atoms with E-state index in [0.717, 1.165) is 35.8 Å². The first kappa shape index (κ1) is 21.0. The van der Waals surface area contributed by atoms with Crippen LogP contribution in [0, 0.1) is 0 Å². The monoisotopic (exact) mass is 398 g/mol. The zero-order valence-corrected chi connectivity index (χ0v) is 16.7. The topological polar surface area (TPSA) is 35.5 Å². The van der Waals surface area contributed by atoms with E-state index in [4.69, 9.17) is 9.47 Å². The summed E-state index contributed by atoms with van der Waals surface area (Å²) in [7, 11) is 3.24. The zero-order valence-electron chi connectivity index (χ0n) is 15.1. The Balaban J connectivity index is 2.28. The largest absolute Gasteiger partial charge is 0.496 e. The number of methoxy groups -OCH3 is 2. The van der Waals surface area contributed by atoms with Crippen molar-refractivity contribution in [3.63, 3.8) is 0 Å². The highest BCUT2D eigenvalue weighted by atomic mass is 79.9. The van der Waals surface area contributed by atoms with Gasteiger partial charge in [-0.3, -0.25) is 4.79 Å². The maximum atomic E-state index is 11.1. The lowest BCUT2D eigenvalue weighted by atomic mass is 10.0. The Morgan fingerprint density at radius 3 is 1.88 bits per heavy atom. The minimum absolute atomic E-state index is 0.540. The minimum Gasteiger partial charge on any atom is -0.496 e. The second-order valence-corrected chi connectivity index (χ2v) is 6.94. The van der Waals surface area contributed by atoms with Gasteiger partial charge in [-0.2, -0.15) is 0 Å². The Morgan fingerprint density at radius 2 is 1.38 bits per heavy atom. The molecule has 0 aromatic heterocycles. The molecule has 3 nitrogen and oxygen atoms in total. The van der Waals surface area contributed by atoms with Crippen LogP contribution in [0.5, 0.6) is 11.5 Å². The molecule has 0 atom stereocenters. The summed E-state index contributed by atoms with van der Waals surface area (Å²) in [4.78, 5) is 11.1. The van der Waals surface area contributed by atoms with Gasteiger partial charge in [-0.05, 0) is 37.0 Å². The lowest BCUT2D eigenvalue weighted by Crippen LogP contribution is -1.98. The predicted octanol–water partition coefficient (Wildman–Crippen LogP) is 5.96. The molecule has 0 saturated carbocycles. The number of hydrogen-bond donors (Lipinski definition) is 0. The SMILES string of the molecule is COc1cc(CCCCCCCCCCCBr)c(OC)cc1C=O. The molecule has 0 fully saturated rings. The number of rotatable bonds is 14. The van der Waals surface area contributed by atoms with E-state index in [1.807, 2.05) is 6.07 Å². The first-order chi connectivity index (χ1) is 11.8. The molecule has 0 amide bonds. The van der Waals surface area contributed by atoms with Crippen molar-refractivity contribution in [2.24, 2.45) is 0 Å². The number of carbonyl (C=O) groups is 1. The Bertz CT molecular complexity index is 474. The van der Waals surface area contributed by atoms with Crippen LogP contribution >= 0.6 is 15.9 Å². The highest BCUT2D eigenvalue weighted by Crippen LogP contribution is 2.29. The summed E-state index contributed by atoms with van der Waals surface area (Å²) in [6.45, 7) is 0. The number of unbranched alkanes of at least 4 members (excludes halogenated alkanes) is 8. The third-order valence-corrected chi connectivity index (χ3v) is 4.90. The fraction of sp³-hybridized carbons (Fsp3) is 0.650. The molecule has 1 aromatic rings. The quantitative estimate of drug-likeness (QED) is 0.220. The number of carbonyl (C=O) groups excluding carboxylic acids is 1. The van der Waals surface area contributed by atoms with E-state index in [-0.39, 0.29) is 0 Å². The smallest absolute Gasteiger partial charge is 0.153 e. The molecule has 0 unspecified atom stereocenters. The zero-order chi connectivity index (χ0) is 17.6. The van der Waals surface area contributed by atoms with Gasteiger partial charge in [0.15, 0.2) is 6.29 Å². The van der Waals surface area contributed by atoms with Crippen molar-refractivity contribution in [2.45, 2.75) is 64.2 Å². The van der Waals surface area contributed by atoms with Crippen LogP contribution in [0.2, 0.25) is 0 Å². The van der Waals surface area contributed by atoms with Gasteiger partial charge in [0.1, 0.15) is 11.5 Å². The van der Waals surface area contributed by atoms with E-state index in [1.54, 1.807) is 20.3 Å². The summed E-state index contributed by atoms with van der Waals surface area (Å²) >= 11 is 3.47. The van der Waals surface area contributed by atoms with Crippen LogP contribution in [0.15, 0.2) is 12.1 Å². The summed E-state index contributed by atoms with van der Waals surface area (Å²) in [5.74, 6) is 1.41. The number of aryl methyl sites for hydroxylation is 1. The van der Waals surface area contributed by atoms with Crippen molar-refractivity contribution >= 4 is 22.2 Å². The van der Waals surface area contributed by atoms with Crippen molar-refractivity contribution in [3.8, 4) is 11.5 Å². The number of benzene rings is 1. The van der Waals surface area contributed by atoms with Gasteiger partial charge in [-0.15, -0.1) is 0 Å². The van der Waals surface area contributed by atoms with E-state index < -0.39 is 0 Å². The molecule has 1 aromatic carbocycles. The van der Waals surface area contributed by atoms with Gasteiger partial charge in [0.05, 0.1) is 19.8 Å². The van der Waals surface area contributed by atoms with Crippen LogP contribution < -0.4 is 9.47 Å². The van der Waals surface area contributed by atoms with Crippen LogP contribution in [0.1, 0.15) is 73.7 Å². The average molecular weight is 399 g/mol. The Hall–Kier alpha value is -1.03. The van der Waals surface area contributed by atoms with E-state index in [1.165, 1.54) is 51.4 Å². The van der Waals surface area contributed by atoms with Gasteiger partial charge in [0.25, 0.3) is 0 Å². The van der Waals surface area contributed by atoms with Gasteiger partial charge < -0.3 is 9.47 Å². The summed E-state index contributed by atoms with van der Waals surface area (Å²) in [6.07, 6.45) is 13.5. The van der Waals surface area contributed by atoms with Crippen molar-refractivity contribution in [1.82, 2.24) is 0 Å². The fourth-order valence-corrected chi connectivity index (χ4v) is 3.32. The van der Waals surface area contributed by atoms with E-state index >= 15 is 0 Å². The number of hydrogen-bond acceptors (Lipinski definition) is 3. The minimum atomic E-state index is 0.540. The predicted molar refractivity (Wildman–Crippen MR) is 104 cm³/mol. The lowest BCUT2D eigenvalue weighted by molar-refractivity contribution is 0.112. The molecular formula is C20H31BrO3. The maximum absolute atomic E-state index is 11.1. The Morgan fingerprint density at radius 1 is 0.833 bits per heavy atom. The second-order valence-electron chi connectivity index (χ2n) is 6.14. The van der Waals surface area contributed by atoms with Crippen molar-refractivity contribution in [2.75, 3.05) is 19.5 Å². The van der Waals surface area contributed by atoms with Crippen LogP contribution in [0.25, 0.3) is 0 Å². The van der Waals surface area contributed by atoms with Gasteiger partial charge in [-0.25, -0.2) is 0 Å². The molecule has 0 aliphatic carbocycles. The first-order valence-electron chi connectivity index (χ1n) is 9.02. The number of ether oxygens (including phenoxy) is 2. The summed E-state index contributed by atoms with van der Waals surface area (Å²) in [5.41, 5.74) is 1.66. The Kier molecular flexibility index (Phi) is 11.6. The molecule has 0 heterocycles. The number of alkyl halides is 1. The van der Waals surface area contributed by atoms with Gasteiger partial charge in [-0.1, -0.05) is 60.9 Å². The molecule has 24 heavy (non-hydrogen) atoms. The Labute approximate surface area is 155 Å². The van der Waals surface area contributed by atoms with Crippen LogP contribution in [0.4, 0.5) is 0 Å². The fourth-order valence-electron chi connectivity index (χ4n) is 2.92. The standard InChI is InChI=1S/C20H31BrO3/c1-23-19-15-18(16-22)20(24-2)14-17(19)12-10-8-6-4-3-5-7-9-11-13-21/h14-16H,3-13H2,1-2H3. The highest BCUT2D eigenvalue weighted by Gasteiger charge is 2.10. The number of halogens is 1. The normalized spacial score (nSPS) is 10.6. The molecule has 0 spiro atoms. The van der Waals surface area contributed by atoms with Gasteiger partial charge >= 0.3 is 0 Å². The third kappa shape index (κ3) is 7.69. The van der Waals surface area contributed by atoms with E-state index in [9.17, 15) is 4.79 Å². The summed E-state index contributed by atoms with van der Waals surface area (Å²) in [6, 6.07) is 3.71. The summed E-state index contributed by atoms with van der Waals surface area (Å²) < 4.78 is 10.7. The van der Waals surface area contributed by atoms with Crippen LogP contribution in [-0.2, 0) is 6.42 Å². The third-order valence-electron chi connectivity index (χ3n) is 4.34. The molecule has 0 aliphatic rings. The average Bonchev–Trinajstić information content (AvgIpc) is 2.62. The molecule has 0 aliphatic heterocycles. The van der Waals surface area contributed by atoms with Gasteiger partial charge in [0, 0.05) is 5.33 Å². The van der Waals surface area contributed by atoms with Crippen LogP contribution in [0.3, 0.4) is 0 Å². The molecule has 0 saturated heterocycles. The molecular weight excluding hydrogens is 368 g/mol. The van der Waals surface area contributed by atoms with Crippen molar-refractivity contribution in [3.05, 3.63) is 23.3 Å². The molecule has 0 radical (unpaired) electrons. The van der Waals surface area contributed by atoms with Crippen LogP contribution in [-0.4, -0.2) is 25.8 Å². The van der Waals surface area contributed by atoms with E-state index in [2.05, 4.69) is 15.9 Å². The number of aldehydes is 1. The highest BCUT2D eigenvalue weighted by molar-refractivity contribution is 9.09. The molecule has 4 heteroatoms. The van der Waals surface area contributed by atoms with Crippen molar-refractivity contribution in [1.29, 1.82) is 0 Å². The molecule has 136 valence electrons.